The fraction of sp³-hybridized carbons (Fsp3) is 0.357. The van der Waals surface area contributed by atoms with Crippen molar-refractivity contribution in [2.45, 2.75) is 6.42 Å². The van der Waals surface area contributed by atoms with Crippen molar-refractivity contribution in [3.05, 3.63) is 42.6 Å². The lowest BCUT2D eigenvalue weighted by Gasteiger charge is -2.00. The molecule has 0 saturated heterocycles. The Balaban J connectivity index is 0.000000344. The highest BCUT2D eigenvalue weighted by atomic mass is 32.2. The van der Waals surface area contributed by atoms with Gasteiger partial charge in [-0.15, -0.1) is 0 Å². The zero-order valence-electron chi connectivity index (χ0n) is 12.3. The van der Waals surface area contributed by atoms with Crippen LogP contribution >= 0.6 is 19.4 Å². The molecule has 1 heterocycles. The number of benzene rings is 1. The van der Waals surface area contributed by atoms with Crippen LogP contribution in [0.4, 0.5) is 0 Å². The number of hydrogen-bond donors (Lipinski definition) is 3. The Morgan fingerprint density at radius 2 is 1.81 bits per heavy atom. The van der Waals surface area contributed by atoms with Crippen molar-refractivity contribution in [3.63, 3.8) is 0 Å². The number of nitrogens with two attached hydrogens (primary N) is 1. The molecule has 0 unspecified atom stereocenters. The van der Waals surface area contributed by atoms with E-state index in [9.17, 15) is 4.57 Å². The molecule has 1 aromatic heterocycles. The lowest BCUT2D eigenvalue weighted by atomic mass is 10.2. The van der Waals surface area contributed by atoms with Gasteiger partial charge < -0.3 is 15.5 Å². The molecule has 0 fully saturated rings. The highest BCUT2D eigenvalue weighted by Crippen LogP contribution is 2.34. The van der Waals surface area contributed by atoms with Crippen molar-refractivity contribution in [1.82, 2.24) is 4.98 Å². The van der Waals surface area contributed by atoms with Crippen LogP contribution in [0.1, 0.15) is 6.42 Å². The van der Waals surface area contributed by atoms with Crippen LogP contribution in [0.3, 0.4) is 0 Å². The normalized spacial score (nSPS) is 10.1. The topological polar surface area (TPSA) is 96.4 Å². The second kappa shape index (κ2) is 11.7. The van der Waals surface area contributed by atoms with Crippen molar-refractivity contribution in [2.24, 2.45) is 5.73 Å². The molecular formula is C14H23N2O3PS. The molecular weight excluding hydrogens is 307 g/mol. The summed E-state index contributed by atoms with van der Waals surface area (Å²) in [6.45, 7) is 0. The van der Waals surface area contributed by atoms with Crippen LogP contribution in [0.5, 0.6) is 0 Å². The smallest absolute Gasteiger partial charge is 0.325 e. The number of fused-ring (bicyclic) bond motifs is 1. The van der Waals surface area contributed by atoms with E-state index in [1.165, 1.54) is 12.4 Å². The molecule has 0 aliphatic heterocycles. The first-order valence-corrected chi connectivity index (χ1v) is 9.63. The number of nitrogens with zero attached hydrogens (tertiary/aromatic N) is 1. The van der Waals surface area contributed by atoms with Crippen molar-refractivity contribution in [1.29, 1.82) is 0 Å². The lowest BCUT2D eigenvalue weighted by molar-refractivity contribution is 0.372. The van der Waals surface area contributed by atoms with Crippen molar-refractivity contribution in [2.75, 3.05) is 25.2 Å². The number of rotatable bonds is 4. The minimum absolute atomic E-state index is 0.0217. The summed E-state index contributed by atoms with van der Waals surface area (Å²) in [6, 6.07) is 12.1. The van der Waals surface area contributed by atoms with Gasteiger partial charge in [0.25, 0.3) is 0 Å². The van der Waals surface area contributed by atoms with E-state index in [1.807, 2.05) is 36.7 Å². The third-order valence-corrected chi connectivity index (χ3v) is 3.91. The Kier molecular flexibility index (Phi) is 11.2. The molecule has 21 heavy (non-hydrogen) atoms. The molecule has 2 rings (SSSR count). The highest BCUT2D eigenvalue weighted by Gasteiger charge is 2.10. The standard InChI is InChI=1S/C9H7N.C4H11O3PS.CH5N/c1-2-6-9-8(4-1)5-3-7-10-9;1-9-4-2-3-8(5,6)7;1-2/h1-7H;2-4H2,1H3,(H2,5,6,7);2H2,1H3. The van der Waals surface area contributed by atoms with Crippen molar-refractivity contribution in [3.8, 4) is 0 Å². The van der Waals surface area contributed by atoms with Crippen LogP contribution in [0.25, 0.3) is 10.9 Å². The number of pyridine rings is 1. The van der Waals surface area contributed by atoms with Gasteiger partial charge in [0, 0.05) is 11.6 Å². The molecule has 0 aliphatic carbocycles. The molecule has 0 saturated carbocycles. The summed E-state index contributed by atoms with van der Waals surface area (Å²) < 4.78 is 10.2. The molecule has 0 amide bonds. The number of hydrogen-bond acceptors (Lipinski definition) is 4. The first kappa shape index (κ1) is 20.1. The van der Waals surface area contributed by atoms with E-state index in [1.54, 1.807) is 11.8 Å². The molecule has 5 nitrogen and oxygen atoms in total. The predicted molar refractivity (Wildman–Crippen MR) is 91.8 cm³/mol. The molecule has 7 heteroatoms. The second-order valence-electron chi connectivity index (χ2n) is 3.93. The van der Waals surface area contributed by atoms with Gasteiger partial charge in [-0.2, -0.15) is 11.8 Å². The van der Waals surface area contributed by atoms with Crippen LogP contribution in [-0.4, -0.2) is 40.0 Å². The van der Waals surface area contributed by atoms with Gasteiger partial charge in [0.05, 0.1) is 11.7 Å². The molecule has 2 aromatic rings. The van der Waals surface area contributed by atoms with Crippen LogP contribution < -0.4 is 5.73 Å². The maximum Gasteiger partial charge on any atom is 0.325 e. The zero-order valence-corrected chi connectivity index (χ0v) is 14.1. The van der Waals surface area contributed by atoms with Gasteiger partial charge in [-0.3, -0.25) is 9.55 Å². The Morgan fingerprint density at radius 3 is 2.38 bits per heavy atom. The molecule has 118 valence electrons. The van der Waals surface area contributed by atoms with Crippen LogP contribution in [-0.2, 0) is 4.57 Å². The van der Waals surface area contributed by atoms with Crippen LogP contribution in [0.15, 0.2) is 42.6 Å². The summed E-state index contributed by atoms with van der Waals surface area (Å²) >= 11 is 1.60. The van der Waals surface area contributed by atoms with Crippen LogP contribution in [0.2, 0.25) is 0 Å². The first-order chi connectivity index (χ1) is 10.0. The van der Waals surface area contributed by atoms with Gasteiger partial charge in [0.2, 0.25) is 0 Å². The molecule has 0 atom stereocenters. The van der Waals surface area contributed by atoms with Crippen molar-refractivity contribution < 1.29 is 14.4 Å². The van der Waals surface area contributed by atoms with Gasteiger partial charge in [-0.1, -0.05) is 24.3 Å². The second-order valence-corrected chi connectivity index (χ2v) is 6.69. The first-order valence-electron chi connectivity index (χ1n) is 6.44. The van der Waals surface area contributed by atoms with E-state index in [0.29, 0.717) is 6.42 Å². The number of aromatic nitrogens is 1. The van der Waals surface area contributed by atoms with E-state index < -0.39 is 7.60 Å². The van der Waals surface area contributed by atoms with Gasteiger partial charge in [-0.05, 0) is 37.6 Å². The summed E-state index contributed by atoms with van der Waals surface area (Å²) in [5.74, 6) is 0.825. The molecule has 0 spiro atoms. The lowest BCUT2D eigenvalue weighted by Crippen LogP contribution is -1.88. The molecule has 1 aromatic carbocycles. The average molecular weight is 330 g/mol. The van der Waals surface area contributed by atoms with Crippen LogP contribution in [0, 0.1) is 0 Å². The van der Waals surface area contributed by atoms with Crippen molar-refractivity contribution >= 4 is 30.3 Å². The molecule has 0 bridgehead atoms. The quantitative estimate of drug-likeness (QED) is 0.589. The van der Waals surface area contributed by atoms with Gasteiger partial charge >= 0.3 is 7.60 Å². The Hall–Kier alpha value is -0.910. The SMILES string of the molecule is CN.CSCCCP(=O)(O)O.c1ccc2ncccc2c1. The highest BCUT2D eigenvalue weighted by molar-refractivity contribution is 7.98. The van der Waals surface area contributed by atoms with E-state index >= 15 is 0 Å². The average Bonchev–Trinajstić information content (AvgIpc) is 2.49. The molecule has 4 N–H and O–H groups in total. The molecule has 0 radical (unpaired) electrons. The van der Waals surface area contributed by atoms with E-state index in [-0.39, 0.29) is 6.16 Å². The summed E-state index contributed by atoms with van der Waals surface area (Å²) in [7, 11) is -2.21. The minimum Gasteiger partial charge on any atom is -0.333 e. The van der Waals surface area contributed by atoms with E-state index in [0.717, 1.165) is 11.3 Å². The minimum atomic E-state index is -3.71. The largest absolute Gasteiger partial charge is 0.333 e. The third-order valence-electron chi connectivity index (χ3n) is 2.31. The van der Waals surface area contributed by atoms with E-state index in [4.69, 9.17) is 9.79 Å². The van der Waals surface area contributed by atoms with Gasteiger partial charge in [0.15, 0.2) is 0 Å². The summed E-state index contributed by atoms with van der Waals surface area (Å²) in [5, 5.41) is 1.20. The Labute approximate surface area is 130 Å². The maximum absolute atomic E-state index is 10.2. The fourth-order valence-corrected chi connectivity index (χ4v) is 2.65. The number of thioether (sulfide) groups is 1. The summed E-state index contributed by atoms with van der Waals surface area (Å²) in [5.41, 5.74) is 5.56. The third kappa shape index (κ3) is 10.5. The Bertz CT molecular complexity index is 483. The summed E-state index contributed by atoms with van der Waals surface area (Å²) in [6.07, 6.45) is 4.35. The number of para-hydroxylation sites is 1. The van der Waals surface area contributed by atoms with E-state index in [2.05, 4.69) is 22.9 Å². The fourth-order valence-electron chi connectivity index (χ4n) is 1.43. The Morgan fingerprint density at radius 1 is 1.19 bits per heavy atom. The van der Waals surface area contributed by atoms with Gasteiger partial charge in [0.1, 0.15) is 0 Å². The summed E-state index contributed by atoms with van der Waals surface area (Å²) in [4.78, 5) is 20.9. The zero-order chi connectivity index (χ0) is 16.1. The monoisotopic (exact) mass is 330 g/mol. The maximum atomic E-state index is 10.2. The van der Waals surface area contributed by atoms with Gasteiger partial charge in [-0.25, -0.2) is 0 Å². The molecule has 0 aliphatic rings. The predicted octanol–water partition coefficient (Wildman–Crippen LogP) is 2.73.